The number of carbonyl (C=O) groups is 1. The first-order chi connectivity index (χ1) is 16.3. The van der Waals surface area contributed by atoms with Gasteiger partial charge in [0.05, 0.1) is 31.5 Å². The van der Waals surface area contributed by atoms with E-state index in [1.807, 2.05) is 0 Å². The first-order valence-electron chi connectivity index (χ1n) is 11.4. The first-order valence-corrected chi connectivity index (χ1v) is 11.4. The molecular formula is C21H37NO13. The zero-order valence-corrected chi connectivity index (χ0v) is 20.0. The van der Waals surface area contributed by atoms with Crippen LogP contribution in [0.5, 0.6) is 0 Å². The van der Waals surface area contributed by atoms with E-state index in [4.69, 9.17) is 18.9 Å². The zero-order chi connectivity index (χ0) is 26.5. The molecule has 3 rings (SSSR count). The Hall–Kier alpha value is -1.01. The SMILES string of the molecule is CO[C@@H]1OC(CO)[C@H](O)[C@@]2(CNC3[C@@H](O)[C@@H](C)C(C(O)C(O)CO)OC3(C(=O)O)C(C)(C)O2)C1O. The van der Waals surface area contributed by atoms with Crippen LogP contribution in [0.1, 0.15) is 20.8 Å². The van der Waals surface area contributed by atoms with E-state index in [2.05, 4.69) is 5.32 Å². The summed E-state index contributed by atoms with van der Waals surface area (Å²) in [7, 11) is 1.23. The number of hydrogen-bond acceptors (Lipinski definition) is 13. The molecule has 14 nitrogen and oxygen atoms in total. The number of carboxylic acids is 1. The van der Waals surface area contributed by atoms with Crippen molar-refractivity contribution in [1.29, 1.82) is 0 Å². The van der Waals surface area contributed by atoms with Crippen molar-refractivity contribution in [1.82, 2.24) is 5.32 Å². The second kappa shape index (κ2) is 10.0. The molecule has 1 spiro atoms. The second-order valence-electron chi connectivity index (χ2n) is 9.99. The van der Waals surface area contributed by atoms with Gasteiger partial charge in [-0.1, -0.05) is 6.92 Å². The van der Waals surface area contributed by atoms with Gasteiger partial charge in [0.15, 0.2) is 6.29 Å². The molecule has 0 aromatic carbocycles. The number of nitrogens with one attached hydrogen (secondary N) is 1. The fourth-order valence-electron chi connectivity index (χ4n) is 5.62. The number of ether oxygens (including phenoxy) is 4. The molecule has 3 aliphatic rings. The van der Waals surface area contributed by atoms with Crippen LogP contribution in [-0.2, 0) is 23.7 Å². The largest absolute Gasteiger partial charge is 0.479 e. The van der Waals surface area contributed by atoms with Gasteiger partial charge in [0.1, 0.15) is 41.7 Å². The fraction of sp³-hybridized carbons (Fsp3) is 0.952. The highest BCUT2D eigenvalue weighted by molar-refractivity contribution is 5.81. The van der Waals surface area contributed by atoms with E-state index in [0.29, 0.717) is 0 Å². The van der Waals surface area contributed by atoms with Gasteiger partial charge in [0.25, 0.3) is 0 Å². The highest BCUT2D eigenvalue weighted by atomic mass is 16.7. The third-order valence-corrected chi connectivity index (χ3v) is 7.66. The maximum atomic E-state index is 12.9. The van der Waals surface area contributed by atoms with Crippen molar-refractivity contribution in [2.24, 2.45) is 5.92 Å². The Morgan fingerprint density at radius 1 is 1.17 bits per heavy atom. The van der Waals surface area contributed by atoms with E-state index in [0.717, 1.165) is 0 Å². The number of aliphatic hydroxyl groups is 7. The number of fused-ring (bicyclic) bond motifs is 1. The Labute approximate surface area is 202 Å². The summed E-state index contributed by atoms with van der Waals surface area (Å²) >= 11 is 0. The normalized spacial score (nSPS) is 47.5. The molecule has 0 aromatic rings. The molecule has 14 heteroatoms. The summed E-state index contributed by atoms with van der Waals surface area (Å²) in [4.78, 5) is 12.9. The molecule has 9 N–H and O–H groups in total. The van der Waals surface area contributed by atoms with Crippen molar-refractivity contribution >= 4 is 5.97 Å². The Balaban J connectivity index is 2.15. The molecule has 3 fully saturated rings. The van der Waals surface area contributed by atoms with Crippen LogP contribution in [0.4, 0.5) is 0 Å². The lowest BCUT2D eigenvalue weighted by atomic mass is 9.70. The molecular weight excluding hydrogens is 474 g/mol. The van der Waals surface area contributed by atoms with E-state index in [9.17, 15) is 45.6 Å². The third-order valence-electron chi connectivity index (χ3n) is 7.66. The van der Waals surface area contributed by atoms with Crippen LogP contribution in [-0.4, -0.2) is 146 Å². The van der Waals surface area contributed by atoms with Gasteiger partial charge < -0.3 is 65.1 Å². The molecule has 0 amide bonds. The lowest BCUT2D eigenvalue weighted by molar-refractivity contribution is -0.364. The van der Waals surface area contributed by atoms with Crippen molar-refractivity contribution in [3.63, 3.8) is 0 Å². The van der Waals surface area contributed by atoms with E-state index in [1.54, 1.807) is 0 Å². The lowest BCUT2D eigenvalue weighted by Gasteiger charge is -2.56. The standard InChI is InChI=1S/C21H37NO13/c1-8-11(26)14-21(18(30)31,34-13(8)12(27)9(25)5-23)19(2,3)35-20(7-22-14)15(28)10(6-24)33-17(32-4)16(20)29/h8-17,22-29H,5-7H2,1-4H3,(H,30,31)/t8-,9?,10?,11+,12?,13?,14?,15+,16?,17-,20+,21?/m1/s1. The minimum atomic E-state index is -2.42. The predicted octanol–water partition coefficient (Wildman–Crippen LogP) is -4.49. The maximum Gasteiger partial charge on any atom is 0.340 e. The quantitative estimate of drug-likeness (QED) is 0.164. The van der Waals surface area contributed by atoms with Crippen LogP contribution in [0.25, 0.3) is 0 Å². The van der Waals surface area contributed by atoms with Gasteiger partial charge in [-0.2, -0.15) is 0 Å². The number of rotatable bonds is 6. The summed E-state index contributed by atoms with van der Waals surface area (Å²) < 4.78 is 22.7. The van der Waals surface area contributed by atoms with Crippen LogP contribution in [0.15, 0.2) is 0 Å². The maximum absolute atomic E-state index is 12.9. The first kappa shape index (κ1) is 28.6. The highest BCUT2D eigenvalue weighted by Crippen LogP contribution is 2.49. The number of aliphatic carboxylic acids is 1. The van der Waals surface area contributed by atoms with Gasteiger partial charge in [-0.15, -0.1) is 0 Å². The molecule has 0 saturated carbocycles. The summed E-state index contributed by atoms with van der Waals surface area (Å²) in [5.74, 6) is -2.51. The highest BCUT2D eigenvalue weighted by Gasteiger charge is 2.72. The minimum Gasteiger partial charge on any atom is -0.479 e. The van der Waals surface area contributed by atoms with Crippen LogP contribution >= 0.6 is 0 Å². The predicted molar refractivity (Wildman–Crippen MR) is 114 cm³/mol. The van der Waals surface area contributed by atoms with E-state index < -0.39 is 104 Å². The van der Waals surface area contributed by atoms with Crippen LogP contribution < -0.4 is 5.32 Å². The molecule has 3 heterocycles. The fourth-order valence-corrected chi connectivity index (χ4v) is 5.62. The molecule has 0 bridgehead atoms. The summed E-state index contributed by atoms with van der Waals surface area (Å²) in [5, 5.41) is 86.3. The van der Waals surface area contributed by atoms with Crippen LogP contribution in [0, 0.1) is 5.92 Å². The minimum absolute atomic E-state index is 0.405. The number of hydrogen-bond donors (Lipinski definition) is 9. The van der Waals surface area contributed by atoms with Gasteiger partial charge in [-0.05, 0) is 13.8 Å². The van der Waals surface area contributed by atoms with Crippen LogP contribution in [0.3, 0.4) is 0 Å². The van der Waals surface area contributed by atoms with Crippen LogP contribution in [0.2, 0.25) is 0 Å². The Bertz CT molecular complexity index is 752. The Morgan fingerprint density at radius 3 is 2.31 bits per heavy atom. The van der Waals surface area contributed by atoms with Gasteiger partial charge in [-0.25, -0.2) is 4.79 Å². The number of carboxylic acid groups (broad SMARTS) is 1. The average molecular weight is 512 g/mol. The second-order valence-corrected chi connectivity index (χ2v) is 9.99. The molecule has 0 aliphatic carbocycles. The molecule has 7 unspecified atom stereocenters. The molecule has 3 aliphatic heterocycles. The molecule has 0 aromatic heterocycles. The van der Waals surface area contributed by atoms with Gasteiger partial charge >= 0.3 is 5.97 Å². The van der Waals surface area contributed by atoms with E-state index >= 15 is 0 Å². The molecule has 204 valence electrons. The topological polar surface area (TPSA) is 228 Å². The summed E-state index contributed by atoms with van der Waals surface area (Å²) in [5.41, 5.74) is -6.33. The van der Waals surface area contributed by atoms with E-state index in [-0.39, 0.29) is 0 Å². The number of aliphatic hydroxyl groups excluding tert-OH is 7. The molecule has 3 saturated heterocycles. The molecule has 35 heavy (non-hydrogen) atoms. The summed E-state index contributed by atoms with van der Waals surface area (Å²) in [6.07, 6.45) is -12.3. The molecule has 0 radical (unpaired) electrons. The monoisotopic (exact) mass is 511 g/mol. The van der Waals surface area contributed by atoms with E-state index in [1.165, 1.54) is 27.9 Å². The van der Waals surface area contributed by atoms with Gasteiger partial charge in [0.2, 0.25) is 5.60 Å². The zero-order valence-electron chi connectivity index (χ0n) is 20.0. The third kappa shape index (κ3) is 4.19. The van der Waals surface area contributed by atoms with Crippen molar-refractivity contribution in [3.05, 3.63) is 0 Å². The van der Waals surface area contributed by atoms with Crippen molar-refractivity contribution in [3.8, 4) is 0 Å². The van der Waals surface area contributed by atoms with Gasteiger partial charge in [0, 0.05) is 19.6 Å². The lowest BCUT2D eigenvalue weighted by Crippen LogP contribution is -2.77. The summed E-state index contributed by atoms with van der Waals surface area (Å²) in [6, 6.07) is -1.38. The molecule has 12 atom stereocenters. The summed E-state index contributed by atoms with van der Waals surface area (Å²) in [6.45, 7) is 2.21. The Morgan fingerprint density at radius 2 is 1.80 bits per heavy atom. The Kier molecular flexibility index (Phi) is 8.19. The smallest absolute Gasteiger partial charge is 0.340 e. The number of methoxy groups -OCH3 is 1. The van der Waals surface area contributed by atoms with Crippen molar-refractivity contribution in [2.45, 2.75) is 92.6 Å². The average Bonchev–Trinajstić information content (AvgIpc) is 2.92. The van der Waals surface area contributed by atoms with Crippen molar-refractivity contribution < 1.29 is 64.6 Å². The van der Waals surface area contributed by atoms with Gasteiger partial charge in [-0.3, -0.25) is 0 Å². The van der Waals surface area contributed by atoms with Crippen molar-refractivity contribution in [2.75, 3.05) is 26.9 Å².